The van der Waals surface area contributed by atoms with Gasteiger partial charge in [-0.25, -0.2) is 4.79 Å². The SMILES string of the molecule is COC(=O)C1C=C(OC(=O)c2ccncc2)C(=O)C2C1(C)CCC1C(=O)OC(c3ccoc3)CC12C. The van der Waals surface area contributed by atoms with Crippen molar-refractivity contribution in [2.75, 3.05) is 7.11 Å². The summed E-state index contributed by atoms with van der Waals surface area (Å²) in [5.41, 5.74) is -0.796. The second-order valence-electron chi connectivity index (χ2n) is 10.2. The van der Waals surface area contributed by atoms with Crippen LogP contribution in [-0.2, 0) is 28.6 Å². The number of methoxy groups -OCH3 is 1. The number of ketones is 1. The van der Waals surface area contributed by atoms with E-state index in [1.807, 2.05) is 13.8 Å². The predicted molar refractivity (Wildman–Crippen MR) is 123 cm³/mol. The largest absolute Gasteiger partial charge is 0.472 e. The highest BCUT2D eigenvalue weighted by atomic mass is 16.6. The Morgan fingerprint density at radius 2 is 1.86 bits per heavy atom. The van der Waals surface area contributed by atoms with Crippen molar-refractivity contribution in [2.45, 2.75) is 39.2 Å². The summed E-state index contributed by atoms with van der Waals surface area (Å²) in [7, 11) is 1.29. The number of esters is 3. The Hall–Kier alpha value is -3.75. The molecule has 0 radical (unpaired) electrons. The summed E-state index contributed by atoms with van der Waals surface area (Å²) in [5, 5.41) is 0. The fourth-order valence-corrected chi connectivity index (χ4v) is 6.53. The Kier molecular flexibility index (Phi) is 5.81. The number of hydrogen-bond acceptors (Lipinski definition) is 9. The highest BCUT2D eigenvalue weighted by Gasteiger charge is 2.66. The summed E-state index contributed by atoms with van der Waals surface area (Å²) in [5.74, 6) is -4.45. The number of fused-ring (bicyclic) bond motifs is 3. The van der Waals surface area contributed by atoms with Crippen molar-refractivity contribution in [1.29, 1.82) is 0 Å². The fourth-order valence-electron chi connectivity index (χ4n) is 6.53. The standard InChI is InChI=1S/C27H27NO8/c1-26-8-4-17-25(32)36-20(16-7-11-34-14-16)13-27(17,2)22(26)21(29)19(12-18(26)24(31)33-3)35-23(30)15-5-9-28-10-6-15/h5-7,9-12,14,17-18,20,22H,4,8,13H2,1-3H3. The van der Waals surface area contributed by atoms with E-state index in [1.54, 1.807) is 6.07 Å². The summed E-state index contributed by atoms with van der Waals surface area (Å²) < 4.78 is 21.6. The van der Waals surface area contributed by atoms with Gasteiger partial charge in [-0.15, -0.1) is 0 Å². The van der Waals surface area contributed by atoms with Crippen molar-refractivity contribution in [3.05, 3.63) is 66.1 Å². The molecule has 6 unspecified atom stereocenters. The summed E-state index contributed by atoms with van der Waals surface area (Å²) in [6, 6.07) is 4.68. The van der Waals surface area contributed by atoms with E-state index < -0.39 is 52.4 Å². The number of ether oxygens (including phenoxy) is 3. The van der Waals surface area contributed by atoms with E-state index in [4.69, 9.17) is 18.6 Å². The number of cyclic esters (lactones) is 1. The Balaban J connectivity index is 1.57. The molecule has 2 fully saturated rings. The lowest BCUT2D eigenvalue weighted by molar-refractivity contribution is -0.197. The van der Waals surface area contributed by atoms with Gasteiger partial charge < -0.3 is 18.6 Å². The minimum absolute atomic E-state index is 0.213. The van der Waals surface area contributed by atoms with Crippen LogP contribution in [0.4, 0.5) is 0 Å². The molecule has 2 aromatic rings. The van der Waals surface area contributed by atoms with Crippen LogP contribution in [0.5, 0.6) is 0 Å². The number of rotatable bonds is 4. The zero-order chi connectivity index (χ0) is 25.7. The van der Waals surface area contributed by atoms with E-state index in [2.05, 4.69) is 4.98 Å². The number of hydrogen-bond donors (Lipinski definition) is 0. The van der Waals surface area contributed by atoms with Crippen molar-refractivity contribution in [1.82, 2.24) is 4.98 Å². The van der Waals surface area contributed by atoms with Crippen LogP contribution in [0.25, 0.3) is 0 Å². The van der Waals surface area contributed by atoms with Gasteiger partial charge in [-0.05, 0) is 54.4 Å². The van der Waals surface area contributed by atoms with E-state index in [1.165, 1.54) is 50.2 Å². The molecule has 9 heteroatoms. The average Bonchev–Trinajstić information content (AvgIpc) is 3.40. The number of carbonyl (C=O) groups is 4. The van der Waals surface area contributed by atoms with Gasteiger partial charge in [0.1, 0.15) is 6.10 Å². The number of aromatic nitrogens is 1. The van der Waals surface area contributed by atoms with E-state index in [0.717, 1.165) is 0 Å². The van der Waals surface area contributed by atoms with Crippen molar-refractivity contribution < 1.29 is 37.8 Å². The molecule has 1 saturated heterocycles. The minimum atomic E-state index is -0.865. The van der Waals surface area contributed by atoms with Gasteiger partial charge in [0.25, 0.3) is 0 Å². The Morgan fingerprint density at radius 1 is 1.11 bits per heavy atom. The molecule has 0 bridgehead atoms. The first-order chi connectivity index (χ1) is 17.2. The Bertz CT molecular complexity index is 1240. The summed E-state index contributed by atoms with van der Waals surface area (Å²) >= 11 is 0. The third-order valence-corrected chi connectivity index (χ3v) is 8.28. The number of Topliss-reactive ketones (excluding diaryl/α,β-unsaturated/α-hetero) is 1. The van der Waals surface area contributed by atoms with Crippen LogP contribution in [0.3, 0.4) is 0 Å². The molecular formula is C27H27NO8. The molecular weight excluding hydrogens is 466 g/mol. The van der Waals surface area contributed by atoms with Crippen LogP contribution < -0.4 is 0 Å². The molecule has 1 saturated carbocycles. The minimum Gasteiger partial charge on any atom is -0.472 e. The number of allylic oxidation sites excluding steroid dienone is 1. The maximum Gasteiger partial charge on any atom is 0.343 e. The highest BCUT2D eigenvalue weighted by molar-refractivity contribution is 6.03. The van der Waals surface area contributed by atoms with Gasteiger partial charge in [0.15, 0.2) is 5.76 Å². The topological polar surface area (TPSA) is 122 Å². The number of nitrogens with zero attached hydrogens (tertiary/aromatic N) is 1. The molecule has 5 rings (SSSR count). The van der Waals surface area contributed by atoms with Gasteiger partial charge in [0.05, 0.1) is 37.0 Å². The molecule has 1 aliphatic heterocycles. The lowest BCUT2D eigenvalue weighted by Crippen LogP contribution is -2.61. The Labute approximate surface area is 207 Å². The van der Waals surface area contributed by atoms with Crippen LogP contribution >= 0.6 is 0 Å². The lowest BCUT2D eigenvalue weighted by atomic mass is 9.44. The molecule has 2 aromatic heterocycles. The van der Waals surface area contributed by atoms with Crippen LogP contribution in [0, 0.1) is 28.6 Å². The zero-order valence-electron chi connectivity index (χ0n) is 20.3. The maximum atomic E-state index is 14.1. The first kappa shape index (κ1) is 24.0. The molecule has 6 atom stereocenters. The second-order valence-corrected chi connectivity index (χ2v) is 10.2. The molecule has 188 valence electrons. The van der Waals surface area contributed by atoms with E-state index in [0.29, 0.717) is 24.8 Å². The van der Waals surface area contributed by atoms with Gasteiger partial charge in [0.2, 0.25) is 5.78 Å². The average molecular weight is 494 g/mol. The van der Waals surface area contributed by atoms with Crippen LogP contribution in [0.15, 0.2) is 59.4 Å². The van der Waals surface area contributed by atoms with E-state index in [-0.39, 0.29) is 17.3 Å². The van der Waals surface area contributed by atoms with Crippen molar-refractivity contribution in [2.24, 2.45) is 28.6 Å². The van der Waals surface area contributed by atoms with Gasteiger partial charge >= 0.3 is 17.9 Å². The van der Waals surface area contributed by atoms with Gasteiger partial charge in [-0.2, -0.15) is 0 Å². The fraction of sp³-hybridized carbons (Fsp3) is 0.444. The van der Waals surface area contributed by atoms with Crippen LogP contribution in [-0.4, -0.2) is 35.8 Å². The molecule has 3 aliphatic rings. The van der Waals surface area contributed by atoms with E-state index in [9.17, 15) is 19.2 Å². The van der Waals surface area contributed by atoms with Crippen molar-refractivity contribution in [3.63, 3.8) is 0 Å². The maximum absolute atomic E-state index is 14.1. The van der Waals surface area contributed by atoms with Gasteiger partial charge in [-0.1, -0.05) is 13.8 Å². The summed E-state index contributed by atoms with van der Waals surface area (Å²) in [6.07, 6.45) is 7.95. The predicted octanol–water partition coefficient (Wildman–Crippen LogP) is 3.81. The first-order valence-electron chi connectivity index (χ1n) is 11.9. The highest BCUT2D eigenvalue weighted by Crippen LogP contribution is 2.64. The number of carbonyl (C=O) groups excluding carboxylic acids is 4. The molecule has 9 nitrogen and oxygen atoms in total. The quantitative estimate of drug-likeness (QED) is 0.462. The number of pyridine rings is 1. The first-order valence-corrected chi connectivity index (χ1v) is 11.9. The molecule has 3 heterocycles. The number of furan rings is 1. The third kappa shape index (κ3) is 3.65. The van der Waals surface area contributed by atoms with Gasteiger partial charge in [0, 0.05) is 23.9 Å². The second kappa shape index (κ2) is 8.72. The molecule has 2 aliphatic carbocycles. The van der Waals surface area contributed by atoms with Gasteiger partial charge in [-0.3, -0.25) is 19.4 Å². The molecule has 0 N–H and O–H groups in total. The smallest absolute Gasteiger partial charge is 0.343 e. The monoisotopic (exact) mass is 493 g/mol. The lowest BCUT2D eigenvalue weighted by Gasteiger charge is -2.59. The van der Waals surface area contributed by atoms with Crippen molar-refractivity contribution >= 4 is 23.7 Å². The summed E-state index contributed by atoms with van der Waals surface area (Å²) in [4.78, 5) is 56.9. The van der Waals surface area contributed by atoms with E-state index >= 15 is 0 Å². The molecule has 0 amide bonds. The molecule has 0 aromatic carbocycles. The molecule has 0 spiro atoms. The van der Waals surface area contributed by atoms with Crippen LogP contribution in [0.2, 0.25) is 0 Å². The summed E-state index contributed by atoms with van der Waals surface area (Å²) in [6.45, 7) is 3.77. The molecule has 36 heavy (non-hydrogen) atoms. The normalized spacial score (nSPS) is 33.5. The third-order valence-electron chi connectivity index (χ3n) is 8.28. The zero-order valence-corrected chi connectivity index (χ0v) is 20.3. The van der Waals surface area contributed by atoms with Crippen LogP contribution in [0.1, 0.15) is 55.1 Å². The Morgan fingerprint density at radius 3 is 2.53 bits per heavy atom. The van der Waals surface area contributed by atoms with Crippen molar-refractivity contribution in [3.8, 4) is 0 Å².